The number of benzene rings is 1. The normalized spacial score (nSPS) is 34.3. The van der Waals surface area contributed by atoms with Crippen LogP contribution in [0.2, 0.25) is 0 Å². The second-order valence-electron chi connectivity index (χ2n) is 6.45. The van der Waals surface area contributed by atoms with Gasteiger partial charge in [0.15, 0.2) is 5.17 Å². The topological polar surface area (TPSA) is 24.4 Å². The molecule has 0 bridgehead atoms. The number of hydrogen-bond acceptors (Lipinski definition) is 2. The molecular weight excluding hydrogens is 276 g/mol. The van der Waals surface area contributed by atoms with E-state index in [4.69, 9.17) is 4.99 Å². The molecule has 1 saturated carbocycles. The smallest absolute Gasteiger partial charge is 0.157 e. The zero-order chi connectivity index (χ0) is 14.7. The number of amidine groups is 1. The van der Waals surface area contributed by atoms with Crippen LogP contribution in [0.5, 0.6) is 0 Å². The van der Waals surface area contributed by atoms with E-state index in [2.05, 4.69) is 49.5 Å². The van der Waals surface area contributed by atoms with Crippen molar-refractivity contribution in [2.24, 2.45) is 16.8 Å². The molecule has 3 rings (SSSR count). The first-order valence-corrected chi connectivity index (χ1v) is 9.26. The highest BCUT2D eigenvalue weighted by atomic mass is 32.2. The third-order valence-corrected chi connectivity index (χ3v) is 6.13. The Kier molecular flexibility index (Phi) is 4.89. The fraction of sp³-hybridized carbons (Fsp3) is 0.611. The van der Waals surface area contributed by atoms with Gasteiger partial charge in [0.25, 0.3) is 0 Å². The van der Waals surface area contributed by atoms with Crippen LogP contribution < -0.4 is 5.32 Å². The van der Waals surface area contributed by atoms with E-state index in [1.807, 2.05) is 11.8 Å². The maximum Gasteiger partial charge on any atom is 0.157 e. The molecule has 0 radical (unpaired) electrons. The average molecular weight is 302 g/mol. The van der Waals surface area contributed by atoms with Crippen LogP contribution in [0.25, 0.3) is 0 Å². The molecule has 0 spiro atoms. The van der Waals surface area contributed by atoms with Gasteiger partial charge in [0.1, 0.15) is 0 Å². The van der Waals surface area contributed by atoms with Crippen molar-refractivity contribution >= 4 is 16.9 Å². The molecule has 3 heteroatoms. The molecule has 2 fully saturated rings. The van der Waals surface area contributed by atoms with Gasteiger partial charge >= 0.3 is 0 Å². The molecule has 114 valence electrons. The Labute approximate surface area is 132 Å². The van der Waals surface area contributed by atoms with Gasteiger partial charge in [-0.05, 0) is 36.7 Å². The van der Waals surface area contributed by atoms with Gasteiger partial charge in [0, 0.05) is 11.8 Å². The maximum atomic E-state index is 5.01. The van der Waals surface area contributed by atoms with Gasteiger partial charge < -0.3 is 5.32 Å². The Hall–Kier alpha value is -0.960. The van der Waals surface area contributed by atoms with E-state index in [0.29, 0.717) is 12.1 Å². The minimum atomic E-state index is 0.537. The third-order valence-electron chi connectivity index (χ3n) is 5.06. The Morgan fingerprint density at radius 2 is 2.05 bits per heavy atom. The molecule has 2 nitrogen and oxygen atoms in total. The van der Waals surface area contributed by atoms with Crippen LogP contribution >= 0.6 is 11.8 Å². The first-order valence-electron chi connectivity index (χ1n) is 8.27. The van der Waals surface area contributed by atoms with Crippen molar-refractivity contribution in [2.75, 3.05) is 5.75 Å². The molecule has 0 amide bonds. The zero-order valence-corrected chi connectivity index (χ0v) is 13.9. The van der Waals surface area contributed by atoms with E-state index in [9.17, 15) is 0 Å². The minimum Gasteiger partial charge on any atom is -0.361 e. The molecule has 1 aliphatic heterocycles. The number of nitrogens with one attached hydrogen (secondary N) is 1. The largest absolute Gasteiger partial charge is 0.361 e. The predicted molar refractivity (Wildman–Crippen MR) is 92.9 cm³/mol. The van der Waals surface area contributed by atoms with E-state index in [-0.39, 0.29) is 0 Å². The monoisotopic (exact) mass is 302 g/mol. The molecule has 2 aliphatic rings. The Morgan fingerprint density at radius 3 is 2.76 bits per heavy atom. The second-order valence-corrected chi connectivity index (χ2v) is 7.46. The summed E-state index contributed by atoms with van der Waals surface area (Å²) in [7, 11) is 0. The standard InChI is InChI=1S/C18H26N2S/c1-3-15-9-10-17(13(15)2)20-18-19-16(12-21-18)11-14-7-5-4-6-8-14/h4-8,13,15-17H,3,9-12H2,1-2H3,(H,19,20). The molecule has 0 aromatic heterocycles. The van der Waals surface area contributed by atoms with Gasteiger partial charge in [0.2, 0.25) is 0 Å². The number of hydrogen-bond donors (Lipinski definition) is 1. The lowest BCUT2D eigenvalue weighted by molar-refractivity contribution is 0.383. The SMILES string of the molecule is CCC1CCC(N=C2NC(Cc3ccccc3)CS2)C1C. The second kappa shape index (κ2) is 6.87. The Bertz CT molecular complexity index is 485. The fourth-order valence-corrected chi connectivity index (χ4v) is 4.67. The molecule has 1 aliphatic carbocycles. The van der Waals surface area contributed by atoms with Crippen LogP contribution in [0.4, 0.5) is 0 Å². The molecule has 1 heterocycles. The molecule has 4 unspecified atom stereocenters. The molecule has 1 aromatic rings. The summed E-state index contributed by atoms with van der Waals surface area (Å²) in [6, 6.07) is 11.8. The first-order chi connectivity index (χ1) is 10.3. The molecule has 21 heavy (non-hydrogen) atoms. The van der Waals surface area contributed by atoms with Crippen LogP contribution in [0.1, 0.15) is 38.7 Å². The lowest BCUT2D eigenvalue weighted by Crippen LogP contribution is -2.30. The molecule has 1 N–H and O–H groups in total. The lowest BCUT2D eigenvalue weighted by atomic mass is 9.94. The number of thioether (sulfide) groups is 1. The van der Waals surface area contributed by atoms with E-state index in [1.165, 1.54) is 30.0 Å². The van der Waals surface area contributed by atoms with E-state index in [0.717, 1.165) is 24.0 Å². The summed E-state index contributed by atoms with van der Waals surface area (Å²) in [5, 5.41) is 4.82. The van der Waals surface area contributed by atoms with Crippen LogP contribution in [0.3, 0.4) is 0 Å². The summed E-state index contributed by atoms with van der Waals surface area (Å²) in [5.41, 5.74) is 1.41. The molecule has 1 aromatic carbocycles. The summed E-state index contributed by atoms with van der Waals surface area (Å²) in [5.74, 6) is 2.77. The summed E-state index contributed by atoms with van der Waals surface area (Å²) < 4.78 is 0. The van der Waals surface area contributed by atoms with E-state index in [1.54, 1.807) is 0 Å². The van der Waals surface area contributed by atoms with Crippen LogP contribution in [0.15, 0.2) is 35.3 Å². The predicted octanol–water partition coefficient (Wildman–Crippen LogP) is 4.11. The van der Waals surface area contributed by atoms with E-state index >= 15 is 0 Å². The lowest BCUT2D eigenvalue weighted by Gasteiger charge is -2.17. The summed E-state index contributed by atoms with van der Waals surface area (Å²) >= 11 is 1.91. The van der Waals surface area contributed by atoms with Crippen LogP contribution in [0, 0.1) is 11.8 Å². The van der Waals surface area contributed by atoms with Crippen molar-refractivity contribution in [3.05, 3.63) is 35.9 Å². The number of aliphatic imine (C=N–C) groups is 1. The highest BCUT2D eigenvalue weighted by molar-refractivity contribution is 8.14. The molecule has 4 atom stereocenters. The highest BCUT2D eigenvalue weighted by Crippen LogP contribution is 2.36. The van der Waals surface area contributed by atoms with Crippen molar-refractivity contribution in [2.45, 2.75) is 51.6 Å². The molecular formula is C18H26N2S. The Balaban J connectivity index is 1.56. The van der Waals surface area contributed by atoms with Gasteiger partial charge in [-0.1, -0.05) is 62.4 Å². The van der Waals surface area contributed by atoms with Crippen molar-refractivity contribution in [3.63, 3.8) is 0 Å². The van der Waals surface area contributed by atoms with Crippen LogP contribution in [-0.4, -0.2) is 23.0 Å². The summed E-state index contributed by atoms with van der Waals surface area (Å²) in [6.07, 6.45) is 5.04. The van der Waals surface area contributed by atoms with Crippen LogP contribution in [-0.2, 0) is 6.42 Å². The van der Waals surface area contributed by atoms with Crippen molar-refractivity contribution in [3.8, 4) is 0 Å². The van der Waals surface area contributed by atoms with Crippen molar-refractivity contribution in [1.29, 1.82) is 0 Å². The van der Waals surface area contributed by atoms with Gasteiger partial charge in [-0.2, -0.15) is 0 Å². The minimum absolute atomic E-state index is 0.537. The molecule has 1 saturated heterocycles. The van der Waals surface area contributed by atoms with Gasteiger partial charge in [-0.3, -0.25) is 4.99 Å². The maximum absolute atomic E-state index is 5.01. The van der Waals surface area contributed by atoms with Crippen molar-refractivity contribution in [1.82, 2.24) is 5.32 Å². The first kappa shape index (κ1) is 15.0. The zero-order valence-electron chi connectivity index (χ0n) is 13.1. The van der Waals surface area contributed by atoms with Gasteiger partial charge in [-0.15, -0.1) is 0 Å². The summed E-state index contributed by atoms with van der Waals surface area (Å²) in [4.78, 5) is 5.01. The third kappa shape index (κ3) is 3.63. The van der Waals surface area contributed by atoms with Gasteiger partial charge in [-0.25, -0.2) is 0 Å². The van der Waals surface area contributed by atoms with Crippen molar-refractivity contribution < 1.29 is 0 Å². The average Bonchev–Trinajstić information content (AvgIpc) is 3.08. The number of nitrogens with zero attached hydrogens (tertiary/aromatic N) is 1. The number of rotatable bonds is 4. The Morgan fingerprint density at radius 1 is 1.24 bits per heavy atom. The highest BCUT2D eigenvalue weighted by Gasteiger charge is 2.32. The summed E-state index contributed by atoms with van der Waals surface area (Å²) in [6.45, 7) is 4.70. The van der Waals surface area contributed by atoms with Gasteiger partial charge in [0.05, 0.1) is 6.04 Å². The van der Waals surface area contributed by atoms with E-state index < -0.39 is 0 Å². The quantitative estimate of drug-likeness (QED) is 0.905. The fourth-order valence-electron chi connectivity index (χ4n) is 3.65.